The van der Waals surface area contributed by atoms with Gasteiger partial charge in [-0.25, -0.2) is 0 Å². The van der Waals surface area contributed by atoms with Gasteiger partial charge >= 0.3 is 0 Å². The van der Waals surface area contributed by atoms with E-state index in [0.29, 0.717) is 90.3 Å². The van der Waals surface area contributed by atoms with Gasteiger partial charge in [0, 0.05) is 106 Å². The molecule has 13 atom stereocenters. The van der Waals surface area contributed by atoms with Gasteiger partial charge in [0.25, 0.3) is 0 Å². The number of hydrogen-bond donors (Lipinski definition) is 12. The molecule has 0 aromatic rings. The molecule has 0 aliphatic carbocycles. The Kier molecular flexibility index (Phi) is 30.8. The molecule has 1 radical (unpaired) electrons. The summed E-state index contributed by atoms with van der Waals surface area (Å²) in [5.74, 6) is -1.99. The molecule has 0 bridgehead atoms. The maximum atomic E-state index is 13.4. The van der Waals surface area contributed by atoms with Gasteiger partial charge in [-0.2, -0.15) is 0 Å². The number of nitrogens with one attached hydrogen (secondary N) is 5. The van der Waals surface area contributed by atoms with Gasteiger partial charge in [-0.15, -0.1) is 0 Å². The predicted octanol–water partition coefficient (Wildman–Crippen LogP) is -3.70. The van der Waals surface area contributed by atoms with E-state index in [1.54, 1.807) is 12.0 Å². The van der Waals surface area contributed by atoms with Gasteiger partial charge < -0.3 is 90.9 Å². The normalized spacial score (nSPS) is 28.2. The molecule has 0 aromatic heterocycles. The maximum absolute atomic E-state index is 13.4. The standard InChI is InChI=1S/C44H78N6O18.Y/c1-26(54)47-36-40(61)38(59)31(24-52)67-43(36)65-19-11-7-14-33(56)45-17-10-6-13-30(42(63)46-18-9-4-5-16-35(58)50-22-29(64-3)21-28(50)23-51)49-34(57)15-8-12-20-66-44-37(48-27(2)55)41(62)39(60)32(25-53)68-44;/h28-32,36-41,43-44,51-53,59-62H,4-25H2,1-3H3,(H,45,56)(H,46,63)(H,47,54)(H,48,55)(H,49,57);/t28-,29+,30+,31?,32?,36?,37?,38?,39?,40?,41?,43?,44?;/m0./s1. The number of unbranched alkanes of at least 4 members (excludes halogenated alkanes) is 5. The number of likely N-dealkylation sites (tertiary alicyclic amines) is 1. The van der Waals surface area contributed by atoms with Crippen molar-refractivity contribution in [1.82, 2.24) is 31.5 Å². The van der Waals surface area contributed by atoms with Gasteiger partial charge in [0.1, 0.15) is 54.7 Å². The summed E-state index contributed by atoms with van der Waals surface area (Å²) in [7, 11) is 1.58. The first kappa shape index (κ1) is 62.6. The van der Waals surface area contributed by atoms with Crippen molar-refractivity contribution in [3.8, 4) is 0 Å². The Morgan fingerprint density at radius 2 is 1.14 bits per heavy atom. The van der Waals surface area contributed by atoms with E-state index in [-0.39, 0.29) is 108 Å². The molecule has 3 saturated heterocycles. The fourth-order valence-corrected chi connectivity index (χ4v) is 8.30. The molecule has 3 aliphatic heterocycles. The van der Waals surface area contributed by atoms with E-state index in [9.17, 15) is 64.5 Å². The molecule has 3 heterocycles. The molecular weight excluding hydrogens is 989 g/mol. The average Bonchev–Trinajstić information content (AvgIpc) is 3.74. The molecule has 3 fully saturated rings. The molecule has 24 nitrogen and oxygen atoms in total. The number of carbonyl (C=O) groups is 6. The summed E-state index contributed by atoms with van der Waals surface area (Å²) in [6, 6.07) is -3.30. The van der Waals surface area contributed by atoms with Gasteiger partial charge in [-0.05, 0) is 64.2 Å². The van der Waals surface area contributed by atoms with Gasteiger partial charge in [-0.3, -0.25) is 28.8 Å². The molecule has 12 N–H and O–H groups in total. The molecule has 0 spiro atoms. The first-order valence-electron chi connectivity index (χ1n) is 23.8. The summed E-state index contributed by atoms with van der Waals surface area (Å²) in [5, 5.41) is 83.5. The molecule has 3 rings (SSSR count). The summed E-state index contributed by atoms with van der Waals surface area (Å²) in [4.78, 5) is 76.8. The van der Waals surface area contributed by atoms with Crippen molar-refractivity contribution in [2.75, 3.05) is 59.8 Å². The van der Waals surface area contributed by atoms with Crippen molar-refractivity contribution in [2.45, 2.75) is 183 Å². The topological polar surface area (TPSA) is 354 Å². The number of ether oxygens (including phenoxy) is 5. The third-order valence-electron chi connectivity index (χ3n) is 12.2. The second-order valence-electron chi connectivity index (χ2n) is 17.6. The Hall–Kier alpha value is -2.56. The SMILES string of the molecule is CO[C@@H]1C[C@@H](CO)N(C(=O)CCCCCNC(=O)[C@@H](CCCCNC(=O)CCCCOC2OC(CO)C(O)C(O)C2NC(C)=O)NC(=O)CCCCOC2OC(CO)C(O)C(O)C2NC(C)=O)C1.[Y]. The monoisotopic (exact) mass is 1070 g/mol. The number of rotatable bonds is 31. The van der Waals surface area contributed by atoms with Gasteiger partial charge in [0.15, 0.2) is 12.6 Å². The van der Waals surface area contributed by atoms with Crippen LogP contribution in [0.1, 0.15) is 104 Å². The number of amides is 6. The van der Waals surface area contributed by atoms with E-state index in [4.69, 9.17) is 23.7 Å². The average molecular weight is 1070 g/mol. The molecule has 0 aromatic carbocycles. The number of hydrogen-bond acceptors (Lipinski definition) is 18. The van der Waals surface area contributed by atoms with Crippen molar-refractivity contribution >= 4 is 35.4 Å². The minimum Gasteiger partial charge on any atom is -0.394 e. The van der Waals surface area contributed by atoms with E-state index < -0.39 is 92.4 Å². The zero-order chi connectivity index (χ0) is 50.2. The van der Waals surface area contributed by atoms with Crippen LogP contribution in [0.2, 0.25) is 0 Å². The van der Waals surface area contributed by atoms with E-state index in [1.165, 1.54) is 13.8 Å². The Morgan fingerprint density at radius 3 is 1.65 bits per heavy atom. The van der Waals surface area contributed by atoms with Crippen LogP contribution in [0.3, 0.4) is 0 Å². The fraction of sp³-hybridized carbons (Fsp3) is 0.864. The van der Waals surface area contributed by atoms with Crippen molar-refractivity contribution in [3.05, 3.63) is 0 Å². The van der Waals surface area contributed by atoms with Crippen LogP contribution in [0.25, 0.3) is 0 Å². The summed E-state index contributed by atoms with van der Waals surface area (Å²) in [6.45, 7) is 2.41. The first-order chi connectivity index (χ1) is 32.5. The van der Waals surface area contributed by atoms with E-state index in [0.717, 1.165) is 0 Å². The molecule has 3 aliphatic rings. The smallest absolute Gasteiger partial charge is 0.242 e. The van der Waals surface area contributed by atoms with Crippen LogP contribution in [0.15, 0.2) is 0 Å². The summed E-state index contributed by atoms with van der Waals surface area (Å²) >= 11 is 0. The van der Waals surface area contributed by atoms with Crippen LogP contribution in [0.4, 0.5) is 0 Å². The summed E-state index contributed by atoms with van der Waals surface area (Å²) < 4.78 is 27.9. The number of nitrogens with zero attached hydrogens (tertiary/aromatic N) is 1. The second kappa shape index (κ2) is 34.0. The fourth-order valence-electron chi connectivity index (χ4n) is 8.30. The zero-order valence-corrected chi connectivity index (χ0v) is 43.0. The van der Waals surface area contributed by atoms with Gasteiger partial charge in [0.2, 0.25) is 35.4 Å². The van der Waals surface area contributed by atoms with E-state index in [2.05, 4.69) is 26.6 Å². The summed E-state index contributed by atoms with van der Waals surface area (Å²) in [6.07, 6.45) is -4.63. The van der Waals surface area contributed by atoms with E-state index >= 15 is 0 Å². The number of aliphatic hydroxyl groups is 7. The van der Waals surface area contributed by atoms with E-state index in [1.807, 2.05) is 0 Å². The van der Waals surface area contributed by atoms with Crippen LogP contribution in [0, 0.1) is 0 Å². The van der Waals surface area contributed by atoms with Crippen LogP contribution < -0.4 is 26.6 Å². The van der Waals surface area contributed by atoms with Crippen molar-refractivity contribution in [1.29, 1.82) is 0 Å². The predicted molar refractivity (Wildman–Crippen MR) is 239 cm³/mol. The zero-order valence-electron chi connectivity index (χ0n) is 40.2. The quantitative estimate of drug-likeness (QED) is 0.0297. The second-order valence-corrected chi connectivity index (χ2v) is 17.6. The minimum atomic E-state index is -1.46. The molecule has 69 heavy (non-hydrogen) atoms. The van der Waals surface area contributed by atoms with Crippen LogP contribution >= 0.6 is 0 Å². The number of methoxy groups -OCH3 is 1. The third-order valence-corrected chi connectivity index (χ3v) is 12.2. The summed E-state index contributed by atoms with van der Waals surface area (Å²) in [5.41, 5.74) is 0. The van der Waals surface area contributed by atoms with Gasteiger partial charge in [-0.1, -0.05) is 6.42 Å². The molecule has 6 amide bonds. The van der Waals surface area contributed by atoms with Gasteiger partial charge in [0.05, 0.1) is 32.0 Å². The first-order valence-corrected chi connectivity index (χ1v) is 23.8. The molecule has 10 unspecified atom stereocenters. The maximum Gasteiger partial charge on any atom is 0.242 e. The Balaban J connectivity index is 0.0000163. The Bertz CT molecular complexity index is 1560. The van der Waals surface area contributed by atoms with Crippen LogP contribution in [-0.2, 0) is 85.2 Å². The number of aliphatic hydroxyl groups excluding tert-OH is 7. The molecule has 0 saturated carbocycles. The van der Waals surface area contributed by atoms with Crippen molar-refractivity contribution in [3.63, 3.8) is 0 Å². The van der Waals surface area contributed by atoms with Crippen molar-refractivity contribution in [2.24, 2.45) is 0 Å². The third kappa shape index (κ3) is 21.6. The molecule has 395 valence electrons. The minimum absolute atomic E-state index is 0. The van der Waals surface area contributed by atoms with Crippen molar-refractivity contribution < 1.29 is 121 Å². The molecular formula is C44H78N6O18Y. The Morgan fingerprint density at radius 1 is 0.638 bits per heavy atom. The molecule has 25 heteroatoms. The van der Waals surface area contributed by atoms with Crippen LogP contribution in [-0.4, -0.2) is 215 Å². The van der Waals surface area contributed by atoms with Crippen LogP contribution in [0.5, 0.6) is 0 Å². The Labute approximate surface area is 428 Å². The largest absolute Gasteiger partial charge is 0.394 e. The number of carbonyl (C=O) groups excluding carboxylic acids is 6.